The second kappa shape index (κ2) is 17.5. The first-order valence-electron chi connectivity index (χ1n) is 26.9. The van der Waals surface area contributed by atoms with E-state index in [0.717, 1.165) is 77.5 Å². The minimum absolute atomic E-state index is 0.107. The standard InChI is InChI=1S/C65H58N4O/c1-43(2)56-40-62(66-41-57(56)45-23-13-10-14-24-45)69-58-30-16-15-27-54(58)55-34-33-51(39-61(55)69)70-50-26-19-25-49(38-50)67-42-68(60-32-18-17-31-59(60)67)63-52(44-21-11-9-12-22-44)28-20-29-53(63)46-35-47(64(3,4)5)37-48(36-46)65(6,7)8/h9-41,43H,1-8H3/i9D,11D,12D,21D,22D,43D. The maximum Gasteiger partial charge on any atom is 0.269 e. The molecule has 5 heteroatoms. The fraction of sp³-hybridized carbons (Fsp3) is 0.169. The van der Waals surface area contributed by atoms with Crippen molar-refractivity contribution in [3.63, 3.8) is 0 Å². The predicted octanol–water partition coefficient (Wildman–Crippen LogP) is 16.7. The lowest BCUT2D eigenvalue weighted by atomic mass is 9.78. The number of aromatic nitrogens is 4. The van der Waals surface area contributed by atoms with E-state index in [9.17, 15) is 4.11 Å². The molecule has 0 radical (unpaired) electrons. The van der Waals surface area contributed by atoms with Gasteiger partial charge in [-0.1, -0.05) is 201 Å². The molecule has 3 aromatic heterocycles. The number of rotatable bonds is 9. The Bertz CT molecular complexity index is 4040. The van der Waals surface area contributed by atoms with Crippen molar-refractivity contribution in [3.8, 4) is 62.1 Å². The number of benzene rings is 8. The molecule has 0 fully saturated rings. The average Bonchev–Trinajstić information content (AvgIpc) is 4.04. The summed E-state index contributed by atoms with van der Waals surface area (Å²) < 4.78 is 66.6. The highest BCUT2D eigenvalue weighted by atomic mass is 16.5. The highest BCUT2D eigenvalue weighted by molar-refractivity contribution is 6.09. The van der Waals surface area contributed by atoms with Gasteiger partial charge in [-0.05, 0) is 104 Å². The average molecular weight is 917 g/mol. The Morgan fingerprint density at radius 1 is 0.571 bits per heavy atom. The van der Waals surface area contributed by atoms with E-state index >= 15 is 0 Å². The number of para-hydroxylation sites is 4. The molecule has 0 aliphatic heterocycles. The topological polar surface area (TPSA) is 35.9 Å². The molecular formula is C65H58N4O. The zero-order chi connectivity index (χ0) is 53.6. The SMILES string of the molecule is [2H]c1c([2H])c([2H])c(-c2cccc(-c3cc(C(C)(C)C)cc(C(C)(C)C)c3)c2-[n+]2[c-]n(-c3cccc(Oc4ccc5c6ccccc6n(-c6cc(C([2H])(C)C)c(-c7ccccc7)cn6)c5c4)c3)c3ccccc32)c([2H])c1[2H]. The Hall–Kier alpha value is -8.02. The van der Waals surface area contributed by atoms with E-state index in [0.29, 0.717) is 28.6 Å². The summed E-state index contributed by atoms with van der Waals surface area (Å²) in [6.07, 6.45) is 5.58. The summed E-state index contributed by atoms with van der Waals surface area (Å²) in [5.41, 5.74) is 12.0. The monoisotopic (exact) mass is 916 g/mol. The quantitative estimate of drug-likeness (QED) is 0.107. The minimum Gasteiger partial charge on any atom is -0.458 e. The lowest BCUT2D eigenvalue weighted by molar-refractivity contribution is -0.571. The van der Waals surface area contributed by atoms with Crippen molar-refractivity contribution in [2.75, 3.05) is 0 Å². The lowest BCUT2D eigenvalue weighted by Gasteiger charge is -2.27. The van der Waals surface area contributed by atoms with Crippen LogP contribution in [0, 0.1) is 6.33 Å². The summed E-state index contributed by atoms with van der Waals surface area (Å²) in [7, 11) is 0. The van der Waals surface area contributed by atoms with E-state index in [1.165, 1.54) is 0 Å². The molecular weight excluding hydrogens is 853 g/mol. The van der Waals surface area contributed by atoms with Crippen molar-refractivity contribution in [1.82, 2.24) is 14.1 Å². The minimum atomic E-state index is -0.910. The van der Waals surface area contributed by atoms with Crippen LogP contribution in [0.4, 0.5) is 0 Å². The summed E-state index contributed by atoms with van der Waals surface area (Å²) in [6, 6.07) is 53.1. The fourth-order valence-corrected chi connectivity index (χ4v) is 9.58. The normalized spacial score (nSPS) is 13.5. The fourth-order valence-electron chi connectivity index (χ4n) is 9.58. The van der Waals surface area contributed by atoms with Crippen LogP contribution >= 0.6 is 0 Å². The Balaban J connectivity index is 1.06. The molecule has 5 nitrogen and oxygen atoms in total. The second-order valence-electron chi connectivity index (χ2n) is 20.3. The number of hydrogen-bond acceptors (Lipinski definition) is 2. The molecule has 11 aromatic rings. The third kappa shape index (κ3) is 8.15. The van der Waals surface area contributed by atoms with Crippen LogP contribution in [0.15, 0.2) is 200 Å². The molecule has 0 saturated carbocycles. The van der Waals surface area contributed by atoms with Gasteiger partial charge in [0.1, 0.15) is 17.3 Å². The maximum absolute atomic E-state index is 9.23. The van der Waals surface area contributed by atoms with E-state index in [1.54, 1.807) is 0 Å². The molecule has 0 unspecified atom stereocenters. The van der Waals surface area contributed by atoms with Crippen LogP contribution in [0.1, 0.15) is 86.2 Å². The summed E-state index contributed by atoms with van der Waals surface area (Å²) >= 11 is 0. The first-order valence-corrected chi connectivity index (χ1v) is 23.9. The van der Waals surface area contributed by atoms with Gasteiger partial charge in [0.25, 0.3) is 6.33 Å². The number of imidazole rings is 1. The van der Waals surface area contributed by atoms with E-state index in [2.05, 4.69) is 101 Å². The van der Waals surface area contributed by atoms with E-state index < -0.39 is 24.0 Å². The van der Waals surface area contributed by atoms with Crippen molar-refractivity contribution in [2.45, 2.75) is 72.1 Å². The molecule has 344 valence electrons. The largest absolute Gasteiger partial charge is 0.458 e. The number of ether oxygens (including phenoxy) is 1. The number of nitrogens with zero attached hydrogens (tertiary/aromatic N) is 4. The van der Waals surface area contributed by atoms with Crippen LogP contribution in [0.5, 0.6) is 11.5 Å². The van der Waals surface area contributed by atoms with Gasteiger partial charge in [0.2, 0.25) is 0 Å². The van der Waals surface area contributed by atoms with Crippen LogP contribution in [-0.2, 0) is 10.8 Å². The molecule has 0 atom stereocenters. The maximum atomic E-state index is 9.23. The van der Waals surface area contributed by atoms with E-state index in [1.807, 2.05) is 144 Å². The Kier molecular flexibility index (Phi) is 9.47. The van der Waals surface area contributed by atoms with Crippen molar-refractivity contribution in [2.24, 2.45) is 0 Å². The molecule has 3 heterocycles. The molecule has 0 N–H and O–H groups in total. The molecule has 0 bridgehead atoms. The van der Waals surface area contributed by atoms with Crippen LogP contribution in [0.3, 0.4) is 0 Å². The molecule has 0 aliphatic carbocycles. The van der Waals surface area contributed by atoms with Gasteiger partial charge in [-0.2, -0.15) is 0 Å². The summed E-state index contributed by atoms with van der Waals surface area (Å²) in [5, 5.41) is 2.11. The van der Waals surface area contributed by atoms with Crippen molar-refractivity contribution in [3.05, 3.63) is 223 Å². The zero-order valence-electron chi connectivity index (χ0n) is 46.9. The van der Waals surface area contributed by atoms with Crippen molar-refractivity contribution < 1.29 is 17.5 Å². The Morgan fingerprint density at radius 2 is 1.21 bits per heavy atom. The van der Waals surface area contributed by atoms with E-state index in [4.69, 9.17) is 13.8 Å². The third-order valence-corrected chi connectivity index (χ3v) is 13.3. The summed E-state index contributed by atoms with van der Waals surface area (Å²) in [5.74, 6) is 1.01. The zero-order valence-corrected chi connectivity index (χ0v) is 40.9. The molecule has 0 saturated heterocycles. The van der Waals surface area contributed by atoms with Crippen LogP contribution < -0.4 is 9.30 Å². The number of hydrogen-bond donors (Lipinski definition) is 0. The predicted molar refractivity (Wildman–Crippen MR) is 290 cm³/mol. The van der Waals surface area contributed by atoms with Gasteiger partial charge in [-0.3, -0.25) is 13.7 Å². The van der Waals surface area contributed by atoms with Gasteiger partial charge in [0.15, 0.2) is 0 Å². The third-order valence-electron chi connectivity index (χ3n) is 13.3. The molecule has 0 aliphatic rings. The van der Waals surface area contributed by atoms with Gasteiger partial charge in [0, 0.05) is 30.0 Å². The van der Waals surface area contributed by atoms with Gasteiger partial charge >= 0.3 is 0 Å². The van der Waals surface area contributed by atoms with Crippen LogP contribution in [-0.4, -0.2) is 14.1 Å². The number of fused-ring (bicyclic) bond motifs is 4. The molecule has 11 rings (SSSR count). The highest BCUT2D eigenvalue weighted by Crippen LogP contribution is 2.41. The lowest BCUT2D eigenvalue weighted by Crippen LogP contribution is -2.31. The molecule has 0 amide bonds. The summed E-state index contributed by atoms with van der Waals surface area (Å²) in [4.78, 5) is 5.06. The van der Waals surface area contributed by atoms with Gasteiger partial charge in [0.05, 0.1) is 40.3 Å². The number of pyridine rings is 1. The van der Waals surface area contributed by atoms with Gasteiger partial charge in [-0.25, -0.2) is 4.98 Å². The van der Waals surface area contributed by atoms with Gasteiger partial charge in [-0.15, -0.1) is 0 Å². The van der Waals surface area contributed by atoms with Crippen molar-refractivity contribution >= 4 is 32.8 Å². The Morgan fingerprint density at radius 3 is 1.94 bits per heavy atom. The molecule has 8 aromatic carbocycles. The second-order valence-corrected chi connectivity index (χ2v) is 20.3. The van der Waals surface area contributed by atoms with Crippen molar-refractivity contribution in [1.29, 1.82) is 0 Å². The Labute approximate surface area is 420 Å². The van der Waals surface area contributed by atoms with Crippen LogP contribution in [0.2, 0.25) is 0 Å². The van der Waals surface area contributed by atoms with E-state index in [-0.39, 0.29) is 28.5 Å². The molecule has 70 heavy (non-hydrogen) atoms. The molecule has 0 spiro atoms. The first kappa shape index (κ1) is 37.9. The smallest absolute Gasteiger partial charge is 0.269 e. The highest BCUT2D eigenvalue weighted by Gasteiger charge is 2.25. The van der Waals surface area contributed by atoms with Gasteiger partial charge < -0.3 is 4.74 Å². The van der Waals surface area contributed by atoms with Crippen LogP contribution in [0.25, 0.3) is 83.4 Å². The first-order chi connectivity index (χ1) is 36.2. The summed E-state index contributed by atoms with van der Waals surface area (Å²) in [6.45, 7) is 17.0.